The zero-order chi connectivity index (χ0) is 10.9. The smallest absolute Gasteiger partial charge is 0.0634 e. The monoisotopic (exact) mass is 222 g/mol. The van der Waals surface area contributed by atoms with Crippen LogP contribution in [-0.2, 0) is 6.54 Å². The van der Waals surface area contributed by atoms with Crippen molar-refractivity contribution in [1.29, 1.82) is 0 Å². The van der Waals surface area contributed by atoms with Crippen molar-refractivity contribution in [3.63, 3.8) is 0 Å². The van der Waals surface area contributed by atoms with Crippen LogP contribution >= 0.6 is 11.6 Å². The zero-order valence-electron chi connectivity index (χ0n) is 8.67. The molecule has 0 aliphatic heterocycles. The van der Waals surface area contributed by atoms with Crippen molar-refractivity contribution >= 4 is 11.6 Å². The van der Waals surface area contributed by atoms with E-state index >= 15 is 0 Å². The number of pyridine rings is 1. The molecule has 15 heavy (non-hydrogen) atoms. The SMILES string of the molecule is C#CCCCCNCc1ccncc1Cl. The van der Waals surface area contributed by atoms with Gasteiger partial charge in [0.1, 0.15) is 0 Å². The number of rotatable bonds is 6. The van der Waals surface area contributed by atoms with E-state index in [9.17, 15) is 0 Å². The van der Waals surface area contributed by atoms with Crippen molar-refractivity contribution in [3.8, 4) is 12.3 Å². The fourth-order valence-corrected chi connectivity index (χ4v) is 1.43. The number of terminal acetylenes is 1. The molecule has 0 unspecified atom stereocenters. The molecule has 0 aromatic carbocycles. The summed E-state index contributed by atoms with van der Waals surface area (Å²) in [4.78, 5) is 3.93. The molecule has 0 spiro atoms. The highest BCUT2D eigenvalue weighted by Crippen LogP contribution is 2.12. The fraction of sp³-hybridized carbons (Fsp3) is 0.417. The molecule has 0 fully saturated rings. The van der Waals surface area contributed by atoms with Crippen molar-refractivity contribution in [3.05, 3.63) is 29.0 Å². The van der Waals surface area contributed by atoms with Crippen LogP contribution in [0.4, 0.5) is 0 Å². The average Bonchev–Trinajstić information content (AvgIpc) is 2.25. The third kappa shape index (κ3) is 4.83. The summed E-state index contributed by atoms with van der Waals surface area (Å²) in [5.74, 6) is 2.63. The van der Waals surface area contributed by atoms with Crippen LogP contribution in [0.2, 0.25) is 5.02 Å². The second-order valence-corrected chi connectivity index (χ2v) is 3.71. The number of nitrogens with one attached hydrogen (secondary N) is 1. The lowest BCUT2D eigenvalue weighted by atomic mass is 10.2. The van der Waals surface area contributed by atoms with Crippen LogP contribution in [-0.4, -0.2) is 11.5 Å². The van der Waals surface area contributed by atoms with Gasteiger partial charge in [-0.2, -0.15) is 0 Å². The lowest BCUT2D eigenvalue weighted by Crippen LogP contribution is -2.14. The molecule has 0 saturated carbocycles. The van der Waals surface area contributed by atoms with E-state index in [1.807, 2.05) is 6.07 Å². The van der Waals surface area contributed by atoms with Gasteiger partial charge in [0.2, 0.25) is 0 Å². The van der Waals surface area contributed by atoms with E-state index < -0.39 is 0 Å². The molecule has 1 aromatic rings. The molecule has 0 amide bonds. The molecule has 1 N–H and O–H groups in total. The van der Waals surface area contributed by atoms with Crippen molar-refractivity contribution in [2.75, 3.05) is 6.54 Å². The molecular formula is C12H15ClN2. The molecule has 0 radical (unpaired) electrons. The standard InChI is InChI=1S/C12H15ClN2/c1-2-3-4-5-7-14-9-11-6-8-15-10-12(11)13/h1,6,8,10,14H,3-5,7,9H2. The van der Waals surface area contributed by atoms with Crippen LogP contribution < -0.4 is 5.32 Å². The molecule has 0 atom stereocenters. The van der Waals surface area contributed by atoms with Crippen molar-refractivity contribution in [2.45, 2.75) is 25.8 Å². The van der Waals surface area contributed by atoms with E-state index in [0.29, 0.717) is 5.02 Å². The van der Waals surface area contributed by atoms with Crippen LogP contribution in [0, 0.1) is 12.3 Å². The Bertz CT molecular complexity index is 331. The highest BCUT2D eigenvalue weighted by Gasteiger charge is 1.97. The minimum absolute atomic E-state index is 0.716. The normalized spacial score (nSPS) is 9.87. The summed E-state index contributed by atoms with van der Waals surface area (Å²) in [6, 6.07) is 1.93. The van der Waals surface area contributed by atoms with Gasteiger partial charge in [-0.25, -0.2) is 0 Å². The number of nitrogens with zero attached hydrogens (tertiary/aromatic N) is 1. The van der Waals surface area contributed by atoms with Gasteiger partial charge < -0.3 is 5.32 Å². The van der Waals surface area contributed by atoms with Crippen molar-refractivity contribution < 1.29 is 0 Å². The number of aromatic nitrogens is 1. The second-order valence-electron chi connectivity index (χ2n) is 3.31. The molecule has 0 aliphatic carbocycles. The Kier molecular flexibility index (Phi) is 5.84. The van der Waals surface area contributed by atoms with Gasteiger partial charge in [-0.1, -0.05) is 11.6 Å². The van der Waals surface area contributed by atoms with E-state index in [2.05, 4.69) is 16.2 Å². The quantitative estimate of drug-likeness (QED) is 0.591. The largest absolute Gasteiger partial charge is 0.313 e. The number of hydrogen-bond acceptors (Lipinski definition) is 2. The minimum Gasteiger partial charge on any atom is -0.313 e. The first-order chi connectivity index (χ1) is 7.34. The van der Waals surface area contributed by atoms with Gasteiger partial charge in [0.05, 0.1) is 5.02 Å². The summed E-state index contributed by atoms with van der Waals surface area (Å²) in [6.45, 7) is 1.76. The Labute approximate surface area is 96.1 Å². The molecule has 0 saturated heterocycles. The first kappa shape index (κ1) is 12.0. The van der Waals surface area contributed by atoms with Crippen LogP contribution in [0.25, 0.3) is 0 Å². The van der Waals surface area contributed by atoms with Gasteiger partial charge in [0, 0.05) is 25.4 Å². The van der Waals surface area contributed by atoms with Crippen LogP contribution in [0.5, 0.6) is 0 Å². The molecule has 1 heterocycles. The van der Waals surface area contributed by atoms with Gasteiger partial charge in [-0.3, -0.25) is 4.98 Å². The maximum atomic E-state index is 5.96. The maximum Gasteiger partial charge on any atom is 0.0634 e. The summed E-state index contributed by atoms with van der Waals surface area (Å²) in [5, 5.41) is 4.04. The fourth-order valence-electron chi connectivity index (χ4n) is 1.25. The summed E-state index contributed by atoms with van der Waals surface area (Å²) in [5.41, 5.74) is 1.09. The summed E-state index contributed by atoms with van der Waals surface area (Å²) in [6.07, 6.45) is 11.6. The summed E-state index contributed by atoms with van der Waals surface area (Å²) < 4.78 is 0. The van der Waals surface area contributed by atoms with Crippen molar-refractivity contribution in [2.24, 2.45) is 0 Å². The summed E-state index contributed by atoms with van der Waals surface area (Å²) in [7, 11) is 0. The van der Waals surface area contributed by atoms with Gasteiger partial charge in [-0.05, 0) is 31.0 Å². The van der Waals surface area contributed by atoms with E-state index in [-0.39, 0.29) is 0 Å². The van der Waals surface area contributed by atoms with E-state index in [4.69, 9.17) is 18.0 Å². The molecule has 80 valence electrons. The van der Waals surface area contributed by atoms with Gasteiger partial charge in [-0.15, -0.1) is 12.3 Å². The van der Waals surface area contributed by atoms with E-state index in [0.717, 1.165) is 37.9 Å². The first-order valence-electron chi connectivity index (χ1n) is 5.07. The molecule has 1 rings (SSSR count). The number of hydrogen-bond donors (Lipinski definition) is 1. The third-order valence-corrected chi connectivity index (χ3v) is 2.44. The Morgan fingerprint density at radius 3 is 3.07 bits per heavy atom. The maximum absolute atomic E-state index is 5.96. The van der Waals surface area contributed by atoms with Crippen LogP contribution in [0.15, 0.2) is 18.5 Å². The molecule has 2 nitrogen and oxygen atoms in total. The number of unbranched alkanes of at least 4 members (excludes halogenated alkanes) is 2. The highest BCUT2D eigenvalue weighted by atomic mass is 35.5. The molecule has 0 aliphatic rings. The Morgan fingerprint density at radius 1 is 1.47 bits per heavy atom. The average molecular weight is 223 g/mol. The predicted molar refractivity (Wildman–Crippen MR) is 63.6 cm³/mol. The van der Waals surface area contributed by atoms with Crippen LogP contribution in [0.3, 0.4) is 0 Å². The van der Waals surface area contributed by atoms with Crippen LogP contribution in [0.1, 0.15) is 24.8 Å². The third-order valence-electron chi connectivity index (χ3n) is 2.10. The number of halogens is 1. The van der Waals surface area contributed by atoms with E-state index in [1.165, 1.54) is 0 Å². The Morgan fingerprint density at radius 2 is 2.33 bits per heavy atom. The van der Waals surface area contributed by atoms with Gasteiger partial charge in [0.15, 0.2) is 0 Å². The topological polar surface area (TPSA) is 24.9 Å². The molecule has 1 aromatic heterocycles. The Balaban J connectivity index is 2.16. The highest BCUT2D eigenvalue weighted by molar-refractivity contribution is 6.31. The lowest BCUT2D eigenvalue weighted by Gasteiger charge is -2.05. The molecule has 3 heteroatoms. The predicted octanol–water partition coefficient (Wildman–Crippen LogP) is 2.63. The lowest BCUT2D eigenvalue weighted by molar-refractivity contribution is 0.629. The van der Waals surface area contributed by atoms with Gasteiger partial charge in [0.25, 0.3) is 0 Å². The molecular weight excluding hydrogens is 208 g/mol. The Hall–Kier alpha value is -1.04. The van der Waals surface area contributed by atoms with Gasteiger partial charge >= 0.3 is 0 Å². The summed E-state index contributed by atoms with van der Waals surface area (Å²) >= 11 is 5.96. The second kappa shape index (κ2) is 7.28. The first-order valence-corrected chi connectivity index (χ1v) is 5.45. The minimum atomic E-state index is 0.716. The zero-order valence-corrected chi connectivity index (χ0v) is 9.43. The van der Waals surface area contributed by atoms with Crippen molar-refractivity contribution in [1.82, 2.24) is 10.3 Å². The molecule has 0 bridgehead atoms. The van der Waals surface area contributed by atoms with E-state index in [1.54, 1.807) is 12.4 Å².